The molecule has 2 heteroatoms. The molecule has 2 aliphatic carbocycles. The minimum absolute atomic E-state index is 0.805. The Balaban J connectivity index is 1.79. The molecule has 0 bridgehead atoms. The summed E-state index contributed by atoms with van der Waals surface area (Å²) in [4.78, 5) is 0. The van der Waals surface area contributed by atoms with Crippen LogP contribution in [0.1, 0.15) is 58.8 Å². The van der Waals surface area contributed by atoms with E-state index >= 15 is 0 Å². The van der Waals surface area contributed by atoms with Gasteiger partial charge in [0, 0.05) is 17.3 Å². The van der Waals surface area contributed by atoms with Crippen molar-refractivity contribution < 1.29 is 0 Å². The van der Waals surface area contributed by atoms with Gasteiger partial charge in [0.15, 0.2) is 0 Å². The van der Waals surface area contributed by atoms with Gasteiger partial charge in [-0.25, -0.2) is 0 Å². The first-order valence-electron chi connectivity index (χ1n) is 7.46. The van der Waals surface area contributed by atoms with Crippen LogP contribution >= 0.6 is 11.8 Å². The van der Waals surface area contributed by atoms with E-state index < -0.39 is 0 Å². The van der Waals surface area contributed by atoms with Crippen LogP contribution in [0.4, 0.5) is 0 Å². The lowest BCUT2D eigenvalue weighted by Gasteiger charge is -2.37. The summed E-state index contributed by atoms with van der Waals surface area (Å²) in [5.41, 5.74) is 0. The van der Waals surface area contributed by atoms with Crippen LogP contribution in [0.15, 0.2) is 0 Å². The molecule has 2 rings (SSSR count). The van der Waals surface area contributed by atoms with E-state index in [1.807, 2.05) is 0 Å². The zero-order valence-electron chi connectivity index (χ0n) is 11.7. The van der Waals surface area contributed by atoms with Crippen LogP contribution in [0, 0.1) is 11.8 Å². The lowest BCUT2D eigenvalue weighted by Crippen LogP contribution is -2.44. The monoisotopic (exact) mass is 255 g/mol. The Morgan fingerprint density at radius 3 is 2.24 bits per heavy atom. The lowest BCUT2D eigenvalue weighted by molar-refractivity contribution is 0.213. The van der Waals surface area contributed by atoms with Crippen molar-refractivity contribution >= 4 is 11.8 Å². The fourth-order valence-corrected chi connectivity index (χ4v) is 4.75. The summed E-state index contributed by atoms with van der Waals surface area (Å²) in [6.07, 6.45) is 12.2. The van der Waals surface area contributed by atoms with Crippen molar-refractivity contribution in [3.05, 3.63) is 0 Å². The highest BCUT2D eigenvalue weighted by atomic mass is 32.2. The maximum absolute atomic E-state index is 3.97. The van der Waals surface area contributed by atoms with E-state index in [2.05, 4.69) is 37.2 Å². The van der Waals surface area contributed by atoms with Crippen molar-refractivity contribution in [3.63, 3.8) is 0 Å². The quantitative estimate of drug-likeness (QED) is 0.815. The molecule has 2 fully saturated rings. The average molecular weight is 255 g/mol. The van der Waals surface area contributed by atoms with Crippen molar-refractivity contribution in [2.45, 2.75) is 76.1 Å². The first kappa shape index (κ1) is 13.7. The van der Waals surface area contributed by atoms with Gasteiger partial charge in [-0.05, 0) is 56.6 Å². The molecule has 0 aromatic carbocycles. The van der Waals surface area contributed by atoms with Gasteiger partial charge in [-0.15, -0.1) is 0 Å². The van der Waals surface area contributed by atoms with Crippen molar-refractivity contribution in [1.82, 2.24) is 5.32 Å². The molecule has 4 unspecified atom stereocenters. The van der Waals surface area contributed by atoms with E-state index in [0.29, 0.717) is 0 Å². The summed E-state index contributed by atoms with van der Waals surface area (Å²) in [7, 11) is 0. The average Bonchev–Trinajstić information content (AvgIpc) is 2.28. The third-order valence-electron chi connectivity index (χ3n) is 4.61. The number of thioether (sulfide) groups is 1. The molecule has 4 atom stereocenters. The summed E-state index contributed by atoms with van der Waals surface area (Å²) in [5.74, 6) is 1.85. The summed E-state index contributed by atoms with van der Waals surface area (Å²) in [5, 5.41) is 4.89. The highest BCUT2D eigenvalue weighted by Crippen LogP contribution is 2.31. The van der Waals surface area contributed by atoms with E-state index in [1.54, 1.807) is 0 Å². The predicted octanol–water partition coefficient (Wildman–Crippen LogP) is 4.07. The Labute approximate surface area is 112 Å². The van der Waals surface area contributed by atoms with Gasteiger partial charge in [-0.3, -0.25) is 0 Å². The van der Waals surface area contributed by atoms with Crippen LogP contribution in [0.25, 0.3) is 0 Å². The molecule has 0 heterocycles. The first-order valence-corrected chi connectivity index (χ1v) is 8.75. The standard InChI is InChI=1S/C15H29NS/c1-11-7-12(2)9-14(8-11)16-13-5-4-6-15(10-13)17-3/h11-16H,4-10H2,1-3H3. The van der Waals surface area contributed by atoms with Gasteiger partial charge in [0.2, 0.25) is 0 Å². The molecule has 2 saturated carbocycles. The molecule has 2 aliphatic rings. The van der Waals surface area contributed by atoms with Gasteiger partial charge < -0.3 is 5.32 Å². The maximum Gasteiger partial charge on any atom is 0.00802 e. The molecule has 0 radical (unpaired) electrons. The zero-order chi connectivity index (χ0) is 12.3. The molecule has 0 saturated heterocycles. The summed E-state index contributed by atoms with van der Waals surface area (Å²) < 4.78 is 0. The maximum atomic E-state index is 3.97. The third-order valence-corrected chi connectivity index (χ3v) is 5.70. The van der Waals surface area contributed by atoms with Gasteiger partial charge in [-0.1, -0.05) is 20.3 Å². The highest BCUT2D eigenvalue weighted by Gasteiger charge is 2.28. The van der Waals surface area contributed by atoms with Crippen LogP contribution < -0.4 is 5.32 Å². The zero-order valence-corrected chi connectivity index (χ0v) is 12.6. The SMILES string of the molecule is CSC1CCCC(NC2CC(C)CC(C)C2)C1. The molecule has 0 aromatic rings. The fraction of sp³-hybridized carbons (Fsp3) is 1.00. The topological polar surface area (TPSA) is 12.0 Å². The Morgan fingerprint density at radius 1 is 0.882 bits per heavy atom. The number of hydrogen-bond donors (Lipinski definition) is 1. The molecule has 0 spiro atoms. The molecule has 1 nitrogen and oxygen atoms in total. The normalized spacial score (nSPS) is 43.6. The van der Waals surface area contributed by atoms with Crippen molar-refractivity contribution in [1.29, 1.82) is 0 Å². The van der Waals surface area contributed by atoms with Gasteiger partial charge in [0.25, 0.3) is 0 Å². The molecule has 0 amide bonds. The molecule has 17 heavy (non-hydrogen) atoms. The smallest absolute Gasteiger partial charge is 0.00802 e. The molecule has 0 aromatic heterocycles. The van der Waals surface area contributed by atoms with E-state index in [1.165, 1.54) is 44.9 Å². The van der Waals surface area contributed by atoms with Crippen LogP contribution in [0.5, 0.6) is 0 Å². The van der Waals surface area contributed by atoms with Crippen LogP contribution in [-0.2, 0) is 0 Å². The third kappa shape index (κ3) is 4.17. The number of hydrogen-bond acceptors (Lipinski definition) is 2. The van der Waals surface area contributed by atoms with Gasteiger partial charge in [0.05, 0.1) is 0 Å². The van der Waals surface area contributed by atoms with E-state index in [-0.39, 0.29) is 0 Å². The van der Waals surface area contributed by atoms with Crippen molar-refractivity contribution in [2.24, 2.45) is 11.8 Å². The van der Waals surface area contributed by atoms with Crippen molar-refractivity contribution in [2.75, 3.05) is 6.26 Å². The summed E-state index contributed by atoms with van der Waals surface area (Å²) in [6, 6.07) is 1.61. The van der Waals surface area contributed by atoms with Crippen LogP contribution in [0.2, 0.25) is 0 Å². The van der Waals surface area contributed by atoms with E-state index in [0.717, 1.165) is 29.2 Å². The van der Waals surface area contributed by atoms with Gasteiger partial charge in [0.1, 0.15) is 0 Å². The predicted molar refractivity (Wildman–Crippen MR) is 78.7 cm³/mol. The summed E-state index contributed by atoms with van der Waals surface area (Å²) >= 11 is 2.07. The van der Waals surface area contributed by atoms with Crippen LogP contribution in [-0.4, -0.2) is 23.6 Å². The second-order valence-corrected chi connectivity index (χ2v) is 7.64. The molecule has 1 N–H and O–H groups in total. The van der Waals surface area contributed by atoms with Crippen LogP contribution in [0.3, 0.4) is 0 Å². The minimum atomic E-state index is 0.805. The Hall–Kier alpha value is 0.310. The highest BCUT2D eigenvalue weighted by molar-refractivity contribution is 7.99. The Bertz CT molecular complexity index is 221. The minimum Gasteiger partial charge on any atom is -0.311 e. The second-order valence-electron chi connectivity index (χ2n) is 6.50. The second kappa shape index (κ2) is 6.47. The molecule has 0 aliphatic heterocycles. The van der Waals surface area contributed by atoms with E-state index in [9.17, 15) is 0 Å². The Morgan fingerprint density at radius 2 is 1.59 bits per heavy atom. The first-order chi connectivity index (χ1) is 8.17. The largest absolute Gasteiger partial charge is 0.311 e. The molecule has 100 valence electrons. The fourth-order valence-electron chi connectivity index (χ4n) is 3.93. The molecular weight excluding hydrogens is 226 g/mol. The van der Waals surface area contributed by atoms with Crippen molar-refractivity contribution in [3.8, 4) is 0 Å². The van der Waals surface area contributed by atoms with E-state index in [4.69, 9.17) is 0 Å². The summed E-state index contributed by atoms with van der Waals surface area (Å²) in [6.45, 7) is 4.85. The molecular formula is C15H29NS. The number of nitrogens with one attached hydrogen (secondary N) is 1. The van der Waals surface area contributed by atoms with Gasteiger partial charge >= 0.3 is 0 Å². The van der Waals surface area contributed by atoms with Gasteiger partial charge in [-0.2, -0.15) is 11.8 Å². The number of rotatable bonds is 3. The Kier molecular flexibility index (Phi) is 5.23. The lowest BCUT2D eigenvalue weighted by atomic mass is 9.79.